The molecule has 0 saturated heterocycles. The van der Waals surface area contributed by atoms with Crippen molar-refractivity contribution in [3.63, 3.8) is 0 Å². The average molecular weight is 377 g/mol. The van der Waals surface area contributed by atoms with Crippen molar-refractivity contribution < 1.29 is 19.0 Å². The van der Waals surface area contributed by atoms with Crippen LogP contribution in [-0.4, -0.2) is 27.1 Å². The standard InChI is InChI=1S/C18H17BrO4/c1-21-16-10-8-13(11-17(16)22-2)15(20)9-7-12-5-4-6-14(19)18(12)23-3/h4-11H,1-3H3/b9-7+. The quantitative estimate of drug-likeness (QED) is 0.554. The van der Waals surface area contributed by atoms with Crippen LogP contribution in [0.5, 0.6) is 17.2 Å². The molecule has 0 radical (unpaired) electrons. The van der Waals surface area contributed by atoms with E-state index in [9.17, 15) is 4.79 Å². The third-order valence-corrected chi connectivity index (χ3v) is 3.91. The van der Waals surface area contributed by atoms with Crippen molar-refractivity contribution in [3.8, 4) is 17.2 Å². The van der Waals surface area contributed by atoms with Gasteiger partial charge in [-0.3, -0.25) is 4.79 Å². The van der Waals surface area contributed by atoms with Gasteiger partial charge in [-0.25, -0.2) is 0 Å². The molecule has 0 fully saturated rings. The molecule has 0 aliphatic heterocycles. The first kappa shape index (κ1) is 17.1. The molecular formula is C18H17BrO4. The maximum Gasteiger partial charge on any atom is 0.185 e. The highest BCUT2D eigenvalue weighted by Gasteiger charge is 2.09. The Balaban J connectivity index is 2.27. The normalized spacial score (nSPS) is 10.6. The molecule has 0 aliphatic carbocycles. The Morgan fingerprint density at radius 3 is 2.39 bits per heavy atom. The van der Waals surface area contributed by atoms with Gasteiger partial charge in [0.15, 0.2) is 17.3 Å². The van der Waals surface area contributed by atoms with Gasteiger partial charge in [-0.2, -0.15) is 0 Å². The SMILES string of the molecule is COc1ccc(C(=O)/C=C/c2cccc(Br)c2OC)cc1OC. The Labute approximate surface area is 143 Å². The topological polar surface area (TPSA) is 44.8 Å². The molecule has 2 rings (SSSR count). The van der Waals surface area contributed by atoms with Crippen molar-refractivity contribution in [2.75, 3.05) is 21.3 Å². The monoisotopic (exact) mass is 376 g/mol. The molecule has 0 unspecified atom stereocenters. The van der Waals surface area contributed by atoms with Crippen LogP contribution in [-0.2, 0) is 0 Å². The zero-order valence-corrected chi connectivity index (χ0v) is 14.7. The van der Waals surface area contributed by atoms with Crippen molar-refractivity contribution in [3.05, 3.63) is 58.1 Å². The second kappa shape index (κ2) is 7.83. The Kier molecular flexibility index (Phi) is 5.82. The zero-order valence-electron chi connectivity index (χ0n) is 13.1. The number of halogens is 1. The van der Waals surface area contributed by atoms with Gasteiger partial charge in [-0.1, -0.05) is 12.1 Å². The number of hydrogen-bond acceptors (Lipinski definition) is 4. The molecule has 0 N–H and O–H groups in total. The van der Waals surface area contributed by atoms with Crippen molar-refractivity contribution in [1.82, 2.24) is 0 Å². The van der Waals surface area contributed by atoms with Crippen LogP contribution in [0.1, 0.15) is 15.9 Å². The molecule has 0 heterocycles. The van der Waals surface area contributed by atoms with Crippen molar-refractivity contribution in [1.29, 1.82) is 0 Å². The van der Waals surface area contributed by atoms with E-state index in [1.165, 1.54) is 13.2 Å². The number of ether oxygens (including phenoxy) is 3. The molecule has 2 aromatic rings. The zero-order chi connectivity index (χ0) is 16.8. The average Bonchev–Trinajstić information content (AvgIpc) is 2.58. The summed E-state index contributed by atoms with van der Waals surface area (Å²) in [6, 6.07) is 10.7. The summed E-state index contributed by atoms with van der Waals surface area (Å²) >= 11 is 3.42. The summed E-state index contributed by atoms with van der Waals surface area (Å²) in [5.74, 6) is 1.66. The molecule has 0 aromatic heterocycles. The van der Waals surface area contributed by atoms with Gasteiger partial charge in [0.05, 0.1) is 25.8 Å². The molecule has 0 atom stereocenters. The summed E-state index contributed by atoms with van der Waals surface area (Å²) in [7, 11) is 4.68. The number of benzene rings is 2. The molecule has 4 nitrogen and oxygen atoms in total. The van der Waals surface area contributed by atoms with Gasteiger partial charge in [0.1, 0.15) is 5.75 Å². The largest absolute Gasteiger partial charge is 0.495 e. The smallest absolute Gasteiger partial charge is 0.185 e. The van der Waals surface area contributed by atoms with Gasteiger partial charge >= 0.3 is 0 Å². The predicted octanol–water partition coefficient (Wildman–Crippen LogP) is 4.37. The second-order valence-corrected chi connectivity index (χ2v) is 5.48. The van der Waals surface area contributed by atoms with Crippen molar-refractivity contribution in [2.45, 2.75) is 0 Å². The minimum atomic E-state index is -0.131. The fourth-order valence-corrected chi connectivity index (χ4v) is 2.67. The van der Waals surface area contributed by atoms with E-state index >= 15 is 0 Å². The maximum atomic E-state index is 12.3. The van der Waals surface area contributed by atoms with E-state index in [1.54, 1.807) is 38.5 Å². The maximum absolute atomic E-state index is 12.3. The van der Waals surface area contributed by atoms with E-state index in [0.29, 0.717) is 22.8 Å². The molecular weight excluding hydrogens is 360 g/mol. The van der Waals surface area contributed by atoms with Crippen LogP contribution in [0.4, 0.5) is 0 Å². The van der Waals surface area contributed by atoms with Gasteiger partial charge in [-0.05, 0) is 52.3 Å². The lowest BCUT2D eigenvalue weighted by Gasteiger charge is -2.08. The summed E-state index contributed by atoms with van der Waals surface area (Å²) in [4.78, 5) is 12.3. The molecule has 0 amide bonds. The number of rotatable bonds is 6. The summed E-state index contributed by atoms with van der Waals surface area (Å²) < 4.78 is 16.6. The Bertz CT molecular complexity index is 738. The summed E-state index contributed by atoms with van der Waals surface area (Å²) in [5.41, 5.74) is 1.34. The molecule has 2 aromatic carbocycles. The summed E-state index contributed by atoms with van der Waals surface area (Å²) in [6.45, 7) is 0. The van der Waals surface area contributed by atoms with Crippen molar-refractivity contribution >= 4 is 27.8 Å². The number of ketones is 1. The number of carbonyl (C=O) groups is 1. The van der Waals surface area contributed by atoms with E-state index in [2.05, 4.69) is 15.9 Å². The van der Waals surface area contributed by atoms with E-state index < -0.39 is 0 Å². The van der Waals surface area contributed by atoms with Crippen LogP contribution in [0.3, 0.4) is 0 Å². The fraction of sp³-hybridized carbons (Fsp3) is 0.167. The molecule has 0 spiro atoms. The third kappa shape index (κ3) is 3.93. The lowest BCUT2D eigenvalue weighted by atomic mass is 10.1. The Hall–Kier alpha value is -2.27. The van der Waals surface area contributed by atoms with Crippen LogP contribution in [0, 0.1) is 0 Å². The van der Waals surface area contributed by atoms with Crippen LogP contribution < -0.4 is 14.2 Å². The lowest BCUT2D eigenvalue weighted by Crippen LogP contribution is -1.97. The highest BCUT2D eigenvalue weighted by molar-refractivity contribution is 9.10. The minimum Gasteiger partial charge on any atom is -0.495 e. The first-order chi connectivity index (χ1) is 11.1. The summed E-state index contributed by atoms with van der Waals surface area (Å²) in [5, 5.41) is 0. The second-order valence-electron chi connectivity index (χ2n) is 4.63. The third-order valence-electron chi connectivity index (χ3n) is 3.28. The molecule has 0 saturated carbocycles. The number of carbonyl (C=O) groups excluding carboxylic acids is 1. The lowest BCUT2D eigenvalue weighted by molar-refractivity contribution is 0.104. The fourth-order valence-electron chi connectivity index (χ4n) is 2.12. The van der Waals surface area contributed by atoms with E-state index in [4.69, 9.17) is 14.2 Å². The van der Waals surface area contributed by atoms with Crippen LogP contribution >= 0.6 is 15.9 Å². The molecule has 0 bridgehead atoms. The van der Waals surface area contributed by atoms with Gasteiger partial charge in [0.2, 0.25) is 0 Å². The first-order valence-corrected chi connectivity index (χ1v) is 7.67. The minimum absolute atomic E-state index is 0.131. The predicted molar refractivity (Wildman–Crippen MR) is 93.6 cm³/mol. The van der Waals surface area contributed by atoms with Gasteiger partial charge in [-0.15, -0.1) is 0 Å². The van der Waals surface area contributed by atoms with Crippen LogP contribution in [0.25, 0.3) is 6.08 Å². The Morgan fingerprint density at radius 1 is 1.00 bits per heavy atom. The van der Waals surface area contributed by atoms with Crippen molar-refractivity contribution in [2.24, 2.45) is 0 Å². The highest BCUT2D eigenvalue weighted by Crippen LogP contribution is 2.30. The molecule has 5 heteroatoms. The molecule has 120 valence electrons. The summed E-state index contributed by atoms with van der Waals surface area (Å²) in [6.07, 6.45) is 3.23. The van der Waals surface area contributed by atoms with Crippen LogP contribution in [0.15, 0.2) is 46.9 Å². The van der Waals surface area contributed by atoms with Gasteiger partial charge in [0, 0.05) is 11.1 Å². The van der Waals surface area contributed by atoms with Gasteiger partial charge < -0.3 is 14.2 Å². The highest BCUT2D eigenvalue weighted by atomic mass is 79.9. The number of hydrogen-bond donors (Lipinski definition) is 0. The Morgan fingerprint density at radius 2 is 1.74 bits per heavy atom. The van der Waals surface area contributed by atoms with Gasteiger partial charge in [0.25, 0.3) is 0 Å². The number of methoxy groups -OCH3 is 3. The van der Waals surface area contributed by atoms with E-state index in [0.717, 1.165) is 10.0 Å². The first-order valence-electron chi connectivity index (χ1n) is 6.87. The molecule has 23 heavy (non-hydrogen) atoms. The van der Waals surface area contributed by atoms with Crippen LogP contribution in [0.2, 0.25) is 0 Å². The molecule has 0 aliphatic rings. The number of para-hydroxylation sites is 1. The van der Waals surface area contributed by atoms with E-state index in [1.807, 2.05) is 18.2 Å². The van der Waals surface area contributed by atoms with E-state index in [-0.39, 0.29) is 5.78 Å². The number of allylic oxidation sites excluding steroid dienone is 1.